The zero-order valence-corrected chi connectivity index (χ0v) is 19.7. The molecule has 1 saturated heterocycles. The molecular weight excluding hydrogens is 470 g/mol. The first-order chi connectivity index (χ1) is 17.3. The van der Waals surface area contributed by atoms with Gasteiger partial charge < -0.3 is 19.9 Å². The van der Waals surface area contributed by atoms with Gasteiger partial charge in [0.1, 0.15) is 23.4 Å². The second kappa shape index (κ2) is 8.69. The van der Waals surface area contributed by atoms with Gasteiger partial charge in [0.25, 0.3) is 11.8 Å². The number of pyridine rings is 1. The highest BCUT2D eigenvalue weighted by Crippen LogP contribution is 2.49. The second-order valence-corrected chi connectivity index (χ2v) is 10.5. The van der Waals surface area contributed by atoms with Gasteiger partial charge in [-0.25, -0.2) is 8.78 Å². The number of hydrogen-bond acceptors (Lipinski definition) is 5. The number of nitrogens with zero attached hydrogens (tertiary/aromatic N) is 2. The first-order valence-corrected chi connectivity index (χ1v) is 12.6. The van der Waals surface area contributed by atoms with E-state index in [1.165, 1.54) is 29.7 Å². The summed E-state index contributed by atoms with van der Waals surface area (Å²) < 4.78 is 28.5. The molecule has 10 heteroatoms. The quantitative estimate of drug-likeness (QED) is 0.601. The average Bonchev–Trinajstić information content (AvgIpc) is 3.70. The molecule has 3 heterocycles. The van der Waals surface area contributed by atoms with Crippen LogP contribution in [0.1, 0.15) is 58.5 Å². The van der Waals surface area contributed by atoms with Gasteiger partial charge in [-0.2, -0.15) is 0 Å². The van der Waals surface area contributed by atoms with Gasteiger partial charge in [0.05, 0.1) is 6.54 Å². The summed E-state index contributed by atoms with van der Waals surface area (Å²) in [6.45, 7) is 0.832. The van der Waals surface area contributed by atoms with Crippen molar-refractivity contribution in [2.45, 2.75) is 57.4 Å². The summed E-state index contributed by atoms with van der Waals surface area (Å²) in [4.78, 5) is 41.3. The number of carbonyl (C=O) groups is 2. The molecule has 2 aromatic rings. The third-order valence-electron chi connectivity index (χ3n) is 8.30. The van der Waals surface area contributed by atoms with Crippen molar-refractivity contribution in [2.24, 2.45) is 17.8 Å². The van der Waals surface area contributed by atoms with Crippen molar-refractivity contribution in [3.8, 4) is 5.75 Å². The maximum atomic E-state index is 13.9. The number of hydrogen-bond donors (Lipinski definition) is 3. The summed E-state index contributed by atoms with van der Waals surface area (Å²) in [7, 11) is 0. The number of halogens is 2. The average molecular weight is 499 g/mol. The molecule has 0 spiro atoms. The summed E-state index contributed by atoms with van der Waals surface area (Å²) in [6, 6.07) is 3.07. The molecule has 1 aromatic carbocycles. The van der Waals surface area contributed by atoms with Crippen LogP contribution >= 0.6 is 0 Å². The minimum Gasteiger partial charge on any atom is -0.503 e. The molecule has 3 N–H and O–H groups in total. The van der Waals surface area contributed by atoms with Gasteiger partial charge in [0.15, 0.2) is 11.4 Å². The molecule has 2 aliphatic heterocycles. The molecule has 8 nitrogen and oxygen atoms in total. The highest BCUT2D eigenvalue weighted by Gasteiger charge is 2.52. The van der Waals surface area contributed by atoms with Gasteiger partial charge in [0, 0.05) is 37.0 Å². The standard InChI is InChI=1S/C26H28F2N4O4/c27-16-7-6-14(19(28)8-16)9-30-25(35)18-11-31-12-20-29-10-15-2-1-3-17(13-4-5-13)21(15)32(20)26(36)22(31)24(34)23(18)33/h6-8,11,13,15,17,20-21,29,34H,1-5,9-10,12H2,(H,30,35)/t15?,17?,20-,21+/m0/s1. The number of aromatic nitrogens is 1. The van der Waals surface area contributed by atoms with Crippen LogP contribution in [0.3, 0.4) is 0 Å². The molecule has 190 valence electrons. The van der Waals surface area contributed by atoms with E-state index >= 15 is 0 Å². The Morgan fingerprint density at radius 2 is 1.94 bits per heavy atom. The van der Waals surface area contributed by atoms with E-state index in [9.17, 15) is 28.3 Å². The van der Waals surface area contributed by atoms with Crippen molar-refractivity contribution in [1.82, 2.24) is 20.1 Å². The molecule has 36 heavy (non-hydrogen) atoms. The second-order valence-electron chi connectivity index (χ2n) is 10.5. The summed E-state index contributed by atoms with van der Waals surface area (Å²) in [5.41, 5.74) is -1.34. The summed E-state index contributed by atoms with van der Waals surface area (Å²) in [6.07, 6.45) is 6.66. The molecule has 2 aliphatic carbocycles. The van der Waals surface area contributed by atoms with Crippen LogP contribution in [-0.4, -0.2) is 45.1 Å². The Morgan fingerprint density at radius 3 is 2.69 bits per heavy atom. The van der Waals surface area contributed by atoms with E-state index in [-0.39, 0.29) is 35.6 Å². The third kappa shape index (κ3) is 3.78. The lowest BCUT2D eigenvalue weighted by Crippen LogP contribution is -2.68. The maximum absolute atomic E-state index is 13.9. The van der Waals surface area contributed by atoms with E-state index in [4.69, 9.17) is 0 Å². The zero-order valence-electron chi connectivity index (χ0n) is 19.7. The predicted molar refractivity (Wildman–Crippen MR) is 125 cm³/mol. The molecule has 0 bridgehead atoms. The molecule has 2 unspecified atom stereocenters. The molecular formula is C26H28F2N4O4. The fourth-order valence-corrected chi connectivity index (χ4v) is 6.45. The number of aromatic hydroxyl groups is 1. The Kier molecular flexibility index (Phi) is 5.59. The first-order valence-electron chi connectivity index (χ1n) is 12.6. The topological polar surface area (TPSA) is 104 Å². The van der Waals surface area contributed by atoms with Crippen molar-refractivity contribution in [3.05, 3.63) is 63.1 Å². The highest BCUT2D eigenvalue weighted by atomic mass is 19.1. The minimum atomic E-state index is -0.950. The molecule has 1 aromatic heterocycles. The number of nitrogens with one attached hydrogen (secondary N) is 2. The summed E-state index contributed by atoms with van der Waals surface area (Å²) in [5, 5.41) is 16.7. The molecule has 4 atom stereocenters. The van der Waals surface area contributed by atoms with Crippen LogP contribution in [0.5, 0.6) is 5.75 Å². The Morgan fingerprint density at radius 1 is 1.14 bits per heavy atom. The highest BCUT2D eigenvalue weighted by molar-refractivity contribution is 5.99. The monoisotopic (exact) mass is 498 g/mol. The zero-order chi connectivity index (χ0) is 25.1. The van der Waals surface area contributed by atoms with Crippen LogP contribution in [0.4, 0.5) is 8.78 Å². The fraction of sp³-hybridized carbons (Fsp3) is 0.500. The molecule has 6 rings (SSSR count). The molecule has 2 amide bonds. The summed E-state index contributed by atoms with van der Waals surface area (Å²) in [5.74, 6) is -2.09. The lowest BCUT2D eigenvalue weighted by atomic mass is 9.72. The van der Waals surface area contributed by atoms with Gasteiger partial charge >= 0.3 is 0 Å². The van der Waals surface area contributed by atoms with E-state index in [1.54, 1.807) is 0 Å². The SMILES string of the molecule is O=C(NCc1ccc(F)cc1F)c1cn2c(c(O)c1=O)C(=O)N1[C@@H]3C(CCCC3C3CC3)CN[C@@H]1C2. The van der Waals surface area contributed by atoms with E-state index in [0.717, 1.165) is 31.9 Å². The third-order valence-corrected chi connectivity index (χ3v) is 8.30. The smallest absolute Gasteiger partial charge is 0.276 e. The van der Waals surface area contributed by atoms with Gasteiger partial charge in [-0.3, -0.25) is 19.7 Å². The fourth-order valence-electron chi connectivity index (χ4n) is 6.45. The van der Waals surface area contributed by atoms with Crippen LogP contribution in [-0.2, 0) is 13.1 Å². The Hall–Kier alpha value is -3.27. The minimum absolute atomic E-state index is 0.0523. The maximum Gasteiger partial charge on any atom is 0.276 e. The van der Waals surface area contributed by atoms with Crippen molar-refractivity contribution < 1.29 is 23.5 Å². The lowest BCUT2D eigenvalue weighted by Gasteiger charge is -2.54. The van der Waals surface area contributed by atoms with E-state index in [0.29, 0.717) is 30.4 Å². The van der Waals surface area contributed by atoms with Crippen molar-refractivity contribution >= 4 is 11.8 Å². The Bertz CT molecular complexity index is 1310. The number of fused-ring (bicyclic) bond motifs is 4. The van der Waals surface area contributed by atoms with E-state index in [1.807, 2.05) is 4.90 Å². The normalized spacial score (nSPS) is 27.2. The van der Waals surface area contributed by atoms with Crippen LogP contribution in [0.2, 0.25) is 0 Å². The van der Waals surface area contributed by atoms with Crippen LogP contribution in [0.25, 0.3) is 0 Å². The van der Waals surface area contributed by atoms with Gasteiger partial charge in [-0.05, 0) is 49.5 Å². The number of amides is 2. The largest absolute Gasteiger partial charge is 0.503 e. The van der Waals surface area contributed by atoms with Crippen LogP contribution in [0, 0.1) is 29.4 Å². The Balaban J connectivity index is 1.29. The van der Waals surface area contributed by atoms with Crippen molar-refractivity contribution in [2.75, 3.05) is 6.54 Å². The first kappa shape index (κ1) is 23.1. The Labute approximate surface area is 206 Å². The lowest BCUT2D eigenvalue weighted by molar-refractivity contribution is -0.0297. The van der Waals surface area contributed by atoms with Crippen LogP contribution < -0.4 is 16.1 Å². The molecule has 2 saturated carbocycles. The summed E-state index contributed by atoms with van der Waals surface area (Å²) >= 11 is 0. The van der Waals surface area contributed by atoms with Crippen LogP contribution in [0.15, 0.2) is 29.2 Å². The number of carbonyl (C=O) groups excluding carboxylic acids is 2. The molecule has 3 fully saturated rings. The van der Waals surface area contributed by atoms with Gasteiger partial charge in [-0.1, -0.05) is 12.5 Å². The molecule has 4 aliphatic rings. The van der Waals surface area contributed by atoms with Crippen molar-refractivity contribution in [3.63, 3.8) is 0 Å². The molecule has 0 radical (unpaired) electrons. The number of rotatable bonds is 4. The van der Waals surface area contributed by atoms with Gasteiger partial charge in [-0.15, -0.1) is 0 Å². The van der Waals surface area contributed by atoms with Gasteiger partial charge in [0.2, 0.25) is 5.43 Å². The predicted octanol–water partition coefficient (Wildman–Crippen LogP) is 2.34. The van der Waals surface area contributed by atoms with Crippen molar-refractivity contribution in [1.29, 1.82) is 0 Å². The number of benzene rings is 1. The van der Waals surface area contributed by atoms with E-state index < -0.39 is 34.6 Å². The van der Waals surface area contributed by atoms with E-state index in [2.05, 4.69) is 10.6 Å².